The average Bonchev–Trinajstić information content (AvgIpc) is 3.66. The molecule has 3 aromatic heterocycles. The van der Waals surface area contributed by atoms with Crippen LogP contribution in [0.1, 0.15) is 31.7 Å². The van der Waals surface area contributed by atoms with E-state index in [9.17, 15) is 9.59 Å². The first kappa shape index (κ1) is 23.2. The molecule has 2 fully saturated rings. The molecule has 0 bridgehead atoms. The molecule has 4 aromatic rings. The normalized spacial score (nSPS) is 16.0. The van der Waals surface area contributed by atoms with E-state index >= 15 is 0 Å². The summed E-state index contributed by atoms with van der Waals surface area (Å²) in [5.41, 5.74) is 3.20. The van der Waals surface area contributed by atoms with Crippen LogP contribution in [-0.2, 0) is 9.53 Å². The van der Waals surface area contributed by atoms with E-state index in [1.807, 2.05) is 35.3 Å². The van der Waals surface area contributed by atoms with E-state index in [-0.39, 0.29) is 17.4 Å². The number of hydrogen-bond donors (Lipinski definition) is 3. The SMILES string of the molecule is COc1c(Nc2cc(NC(=O)C3CC3)nc3cc[nH]c(=O)c23)cccc1-c1cnn(C2CCOCC2)c1. The highest BCUT2D eigenvalue weighted by molar-refractivity contribution is 5.99. The number of pyridine rings is 2. The number of para-hydroxylation sites is 1. The average molecular weight is 501 g/mol. The fourth-order valence-electron chi connectivity index (χ4n) is 4.78. The van der Waals surface area contributed by atoms with Crippen molar-refractivity contribution < 1.29 is 14.3 Å². The molecule has 1 aliphatic carbocycles. The first-order chi connectivity index (χ1) is 18.1. The number of nitrogens with one attached hydrogen (secondary N) is 3. The molecule has 0 atom stereocenters. The molecule has 0 unspecified atom stereocenters. The molecule has 3 N–H and O–H groups in total. The number of aromatic nitrogens is 4. The van der Waals surface area contributed by atoms with Crippen molar-refractivity contribution >= 4 is 34.0 Å². The van der Waals surface area contributed by atoms with Crippen LogP contribution in [0, 0.1) is 5.92 Å². The van der Waals surface area contributed by atoms with Crippen LogP contribution in [0.15, 0.2) is 53.7 Å². The predicted octanol–water partition coefficient (Wildman–Crippen LogP) is 4.24. The number of aromatic amines is 1. The minimum Gasteiger partial charge on any atom is -0.494 e. The highest BCUT2D eigenvalue weighted by atomic mass is 16.5. The maximum Gasteiger partial charge on any atom is 0.259 e. The summed E-state index contributed by atoms with van der Waals surface area (Å²) in [6.45, 7) is 1.48. The maximum atomic E-state index is 12.8. The lowest BCUT2D eigenvalue weighted by Crippen LogP contribution is -2.19. The van der Waals surface area contributed by atoms with E-state index in [1.54, 1.807) is 25.4 Å². The summed E-state index contributed by atoms with van der Waals surface area (Å²) in [7, 11) is 1.62. The molecule has 10 nitrogen and oxygen atoms in total. The van der Waals surface area contributed by atoms with Gasteiger partial charge in [0.25, 0.3) is 5.56 Å². The standard InChI is InChI=1S/C27H28N6O4/c1-36-25-19(17-14-29-33(15-17)18-8-11-37-12-9-18)3-2-4-21(25)30-22-13-23(32-26(34)16-5-6-16)31-20-7-10-28-27(35)24(20)22/h2-4,7,10,13-16,18H,5-6,8-9,11-12H2,1H3,(H,28,35)(H2,30,31,32,34). The van der Waals surface area contributed by atoms with Crippen molar-refractivity contribution in [1.82, 2.24) is 19.7 Å². The highest BCUT2D eigenvalue weighted by Gasteiger charge is 2.30. The van der Waals surface area contributed by atoms with Gasteiger partial charge in [0.05, 0.1) is 41.6 Å². The molecule has 0 radical (unpaired) electrons. The molecule has 10 heteroatoms. The molecule has 1 aliphatic heterocycles. The Morgan fingerprint density at radius 1 is 1.16 bits per heavy atom. The molecule has 0 spiro atoms. The third kappa shape index (κ3) is 4.67. The highest BCUT2D eigenvalue weighted by Crippen LogP contribution is 2.39. The number of amides is 1. The van der Waals surface area contributed by atoms with Gasteiger partial charge in [-0.2, -0.15) is 5.10 Å². The Morgan fingerprint density at radius 3 is 2.78 bits per heavy atom. The summed E-state index contributed by atoms with van der Waals surface area (Å²) in [6, 6.07) is 9.51. The van der Waals surface area contributed by atoms with Crippen LogP contribution in [0.3, 0.4) is 0 Å². The largest absolute Gasteiger partial charge is 0.494 e. The Balaban J connectivity index is 1.37. The maximum absolute atomic E-state index is 12.8. The summed E-state index contributed by atoms with van der Waals surface area (Å²) in [5, 5.41) is 11.3. The topological polar surface area (TPSA) is 123 Å². The minimum absolute atomic E-state index is 0.0342. The van der Waals surface area contributed by atoms with Crippen LogP contribution in [-0.4, -0.2) is 46.0 Å². The molecule has 190 valence electrons. The number of nitrogens with zero attached hydrogens (tertiary/aromatic N) is 3. The molecule has 1 saturated heterocycles. The summed E-state index contributed by atoms with van der Waals surface area (Å²) in [6.07, 6.45) is 9.07. The van der Waals surface area contributed by atoms with Crippen molar-refractivity contribution in [2.75, 3.05) is 31.0 Å². The van der Waals surface area contributed by atoms with Crippen LogP contribution in [0.5, 0.6) is 5.75 Å². The zero-order valence-corrected chi connectivity index (χ0v) is 20.5. The quantitative estimate of drug-likeness (QED) is 0.347. The van der Waals surface area contributed by atoms with Gasteiger partial charge in [-0.25, -0.2) is 4.98 Å². The van der Waals surface area contributed by atoms with Gasteiger partial charge in [-0.1, -0.05) is 12.1 Å². The van der Waals surface area contributed by atoms with Gasteiger partial charge in [-0.15, -0.1) is 0 Å². The smallest absolute Gasteiger partial charge is 0.259 e. The van der Waals surface area contributed by atoms with Crippen molar-refractivity contribution in [2.24, 2.45) is 5.92 Å². The van der Waals surface area contributed by atoms with Crippen molar-refractivity contribution in [3.05, 3.63) is 59.3 Å². The lowest BCUT2D eigenvalue weighted by Gasteiger charge is -2.22. The number of H-pyrrole nitrogens is 1. The van der Waals surface area contributed by atoms with Crippen molar-refractivity contribution in [3.8, 4) is 16.9 Å². The third-order valence-corrected chi connectivity index (χ3v) is 6.90. The number of carbonyl (C=O) groups is 1. The van der Waals surface area contributed by atoms with Gasteiger partial charge in [0.15, 0.2) is 0 Å². The summed E-state index contributed by atoms with van der Waals surface area (Å²) in [5.74, 6) is 0.996. The molecule has 37 heavy (non-hydrogen) atoms. The Hall–Kier alpha value is -4.18. The predicted molar refractivity (Wildman–Crippen MR) is 140 cm³/mol. The number of ether oxygens (including phenoxy) is 2. The number of methoxy groups -OCH3 is 1. The molecule has 4 heterocycles. The zero-order valence-electron chi connectivity index (χ0n) is 20.5. The monoisotopic (exact) mass is 500 g/mol. The molecule has 6 rings (SSSR count). The van der Waals surface area contributed by atoms with E-state index in [0.717, 1.165) is 50.0 Å². The van der Waals surface area contributed by atoms with Crippen LogP contribution >= 0.6 is 0 Å². The van der Waals surface area contributed by atoms with Crippen molar-refractivity contribution in [3.63, 3.8) is 0 Å². The van der Waals surface area contributed by atoms with Crippen LogP contribution in [0.4, 0.5) is 17.2 Å². The molecule has 1 amide bonds. The Bertz CT molecular complexity index is 1520. The van der Waals surface area contributed by atoms with Crippen LogP contribution in [0.2, 0.25) is 0 Å². The number of rotatable bonds is 7. The second kappa shape index (κ2) is 9.70. The first-order valence-corrected chi connectivity index (χ1v) is 12.5. The fourth-order valence-corrected chi connectivity index (χ4v) is 4.78. The third-order valence-electron chi connectivity index (χ3n) is 6.90. The Labute approximate surface area is 213 Å². The zero-order chi connectivity index (χ0) is 25.4. The Morgan fingerprint density at radius 2 is 2.00 bits per heavy atom. The molecule has 2 aliphatic rings. The van der Waals surface area contributed by atoms with E-state index in [1.165, 1.54) is 0 Å². The van der Waals surface area contributed by atoms with E-state index in [2.05, 4.69) is 25.7 Å². The summed E-state index contributed by atoms with van der Waals surface area (Å²) >= 11 is 0. The van der Waals surface area contributed by atoms with E-state index < -0.39 is 0 Å². The molecular formula is C27H28N6O4. The van der Waals surface area contributed by atoms with Crippen molar-refractivity contribution in [2.45, 2.75) is 31.7 Å². The molecule has 1 saturated carbocycles. The van der Waals surface area contributed by atoms with Gasteiger partial charge in [0.2, 0.25) is 5.91 Å². The summed E-state index contributed by atoms with van der Waals surface area (Å²) < 4.78 is 13.3. The lowest BCUT2D eigenvalue weighted by molar-refractivity contribution is -0.117. The fraction of sp³-hybridized carbons (Fsp3) is 0.333. The van der Waals surface area contributed by atoms with Crippen LogP contribution < -0.4 is 20.9 Å². The molecule has 1 aromatic carbocycles. The second-order valence-corrected chi connectivity index (χ2v) is 9.45. The number of hydrogen-bond acceptors (Lipinski definition) is 7. The van der Waals surface area contributed by atoms with E-state index in [0.29, 0.717) is 39.9 Å². The second-order valence-electron chi connectivity index (χ2n) is 9.45. The lowest BCUT2D eigenvalue weighted by atomic mass is 10.1. The van der Waals surface area contributed by atoms with Gasteiger partial charge in [0.1, 0.15) is 11.6 Å². The van der Waals surface area contributed by atoms with Gasteiger partial charge in [0, 0.05) is 48.7 Å². The van der Waals surface area contributed by atoms with Gasteiger partial charge in [-0.05, 0) is 37.8 Å². The number of benzene rings is 1. The number of fused-ring (bicyclic) bond motifs is 1. The van der Waals surface area contributed by atoms with E-state index in [4.69, 9.17) is 9.47 Å². The summed E-state index contributed by atoms with van der Waals surface area (Å²) in [4.78, 5) is 32.4. The Kier molecular flexibility index (Phi) is 6.09. The number of anilines is 3. The van der Waals surface area contributed by atoms with Gasteiger partial charge < -0.3 is 25.1 Å². The number of carbonyl (C=O) groups excluding carboxylic acids is 1. The van der Waals surface area contributed by atoms with Gasteiger partial charge in [-0.3, -0.25) is 14.3 Å². The minimum atomic E-state index is -0.277. The molecular weight excluding hydrogens is 472 g/mol. The van der Waals surface area contributed by atoms with Crippen LogP contribution in [0.25, 0.3) is 22.0 Å². The first-order valence-electron chi connectivity index (χ1n) is 12.5. The van der Waals surface area contributed by atoms with Gasteiger partial charge >= 0.3 is 0 Å². The van der Waals surface area contributed by atoms with Crippen molar-refractivity contribution in [1.29, 1.82) is 0 Å².